The van der Waals surface area contributed by atoms with Crippen LogP contribution in [0.4, 0.5) is 0 Å². The zero-order chi connectivity index (χ0) is 35.0. The molecule has 1 aliphatic heterocycles. The Morgan fingerprint density at radius 3 is 2.52 bits per heavy atom. The number of fused-ring (bicyclic) bond motifs is 3. The molecule has 0 aromatic rings. The molecule has 2 bridgehead atoms. The first-order chi connectivity index (χ1) is 22.8. The molecule has 0 aromatic heterocycles. The number of carboxylic acid groups (broad SMARTS) is 1. The molecule has 18 heteroatoms. The van der Waals surface area contributed by atoms with Gasteiger partial charge in [-0.1, -0.05) is 27.7 Å². The van der Waals surface area contributed by atoms with E-state index in [0.717, 1.165) is 25.7 Å². The number of aliphatic carboxylic acids is 1. The number of rotatable bonds is 14. The summed E-state index contributed by atoms with van der Waals surface area (Å²) >= 11 is -2.65. The molecule has 276 valence electrons. The van der Waals surface area contributed by atoms with E-state index >= 15 is 0 Å². The number of carbonyl (C=O) groups is 2. The number of ether oxygens (including phenoxy) is 3. The maximum absolute atomic E-state index is 13.0. The normalized spacial score (nSPS) is 44.5. The molecule has 1 saturated heterocycles. The summed E-state index contributed by atoms with van der Waals surface area (Å²) in [5.74, 6) is -2.09. The Bertz CT molecular complexity index is 1160. The van der Waals surface area contributed by atoms with E-state index in [0.29, 0.717) is 18.8 Å². The van der Waals surface area contributed by atoms with Crippen molar-refractivity contribution in [3.63, 3.8) is 0 Å². The van der Waals surface area contributed by atoms with Gasteiger partial charge >= 0.3 is 11.9 Å². The monoisotopic (exact) mass is 726 g/mol. The van der Waals surface area contributed by atoms with Crippen molar-refractivity contribution in [2.45, 2.75) is 121 Å². The van der Waals surface area contributed by atoms with Crippen molar-refractivity contribution in [3.05, 3.63) is 0 Å². The van der Waals surface area contributed by atoms with Gasteiger partial charge in [0.25, 0.3) is 0 Å². The first-order valence-electron chi connectivity index (χ1n) is 16.5. The van der Waals surface area contributed by atoms with E-state index in [9.17, 15) is 39.6 Å². The molecule has 0 radical (unpaired) electrons. The molecule has 0 amide bonds. The summed E-state index contributed by atoms with van der Waals surface area (Å²) in [4.78, 5) is 25.8. The molecule has 16 nitrogen and oxygen atoms in total. The van der Waals surface area contributed by atoms with Crippen LogP contribution < -0.4 is 10.5 Å². The second kappa shape index (κ2) is 15.7. The summed E-state index contributed by atoms with van der Waals surface area (Å²) < 4.78 is 45.3. The lowest BCUT2D eigenvalue weighted by Crippen LogP contribution is -2.64. The van der Waals surface area contributed by atoms with Crippen molar-refractivity contribution >= 4 is 35.3 Å². The van der Waals surface area contributed by atoms with E-state index in [4.69, 9.17) is 18.4 Å². The highest BCUT2D eigenvalue weighted by molar-refractivity contribution is 7.89. The molecule has 5 fully saturated rings. The first-order valence-corrected chi connectivity index (χ1v) is 18.3. The minimum absolute atomic E-state index is 0.0125. The molecule has 5 rings (SSSR count). The standard InChI is InChI=1S/C30H48O16S2/c1-14(2)9-22(32)41-24-23(42-47-45-43-36)25(48(38)46-44-37)20(13-31)40-28(24)39-17-10-18(27(34)35)19-7-8-30-11-16(15(3)26(30)33)5-6-21(30)29(19,4)12-17/h14-21,23-26,28,31,33,36-37H,5-13H2,1-4H3,(H,34,35)/p-2/t15?,16?,17?,18?,19?,20-,21?,23-,24?,25+,26-,28+,29?,30?,48?/m0/s1. The molecule has 4 saturated carbocycles. The minimum Gasteiger partial charge on any atom is -0.691 e. The van der Waals surface area contributed by atoms with Gasteiger partial charge in [-0.2, -0.15) is 0 Å². The van der Waals surface area contributed by atoms with Crippen molar-refractivity contribution < 1.29 is 76.8 Å². The zero-order valence-electron chi connectivity index (χ0n) is 27.3. The third-order valence-corrected chi connectivity index (χ3v) is 13.6. The highest BCUT2D eigenvalue weighted by Gasteiger charge is 2.67. The van der Waals surface area contributed by atoms with E-state index in [1.807, 2.05) is 0 Å². The number of aliphatic hydroxyl groups excluding tert-OH is 2. The smallest absolute Gasteiger partial charge is 0.306 e. The third-order valence-electron chi connectivity index (χ3n) is 12.0. The maximum Gasteiger partial charge on any atom is 0.306 e. The highest BCUT2D eigenvalue weighted by Crippen LogP contribution is 2.71. The van der Waals surface area contributed by atoms with Gasteiger partial charge in [-0.3, -0.25) is 23.8 Å². The highest BCUT2D eigenvalue weighted by atomic mass is 32.2. The Balaban J connectivity index is 1.48. The Morgan fingerprint density at radius 2 is 1.88 bits per heavy atom. The van der Waals surface area contributed by atoms with Gasteiger partial charge in [0.2, 0.25) is 0 Å². The summed E-state index contributed by atoms with van der Waals surface area (Å²) in [6.07, 6.45) is -2.58. The molecule has 15 atom stereocenters. The molecule has 3 N–H and O–H groups in total. The van der Waals surface area contributed by atoms with E-state index in [1.165, 1.54) is 0 Å². The van der Waals surface area contributed by atoms with E-state index in [2.05, 4.69) is 32.6 Å². The van der Waals surface area contributed by atoms with Crippen molar-refractivity contribution in [2.24, 2.45) is 46.3 Å². The molecule has 10 unspecified atom stereocenters. The van der Waals surface area contributed by atoms with Crippen LogP contribution in [0.1, 0.15) is 79.1 Å². The summed E-state index contributed by atoms with van der Waals surface area (Å²) in [6, 6.07) is 0. The SMILES string of the molecule is CC(C)CC(=O)OC1[C@H](OC2CC(C(=O)O)C3CCC45CC(CCC4C3(C)C2)C(C)[C@@H]5O)O[C@@H](CO)[C@@H](S(=O)OO[O-])[C@H]1OSOO[O-]. The predicted molar refractivity (Wildman–Crippen MR) is 158 cm³/mol. The summed E-state index contributed by atoms with van der Waals surface area (Å²) in [6.45, 7) is 6.98. The van der Waals surface area contributed by atoms with Crippen molar-refractivity contribution in [1.82, 2.24) is 0 Å². The third kappa shape index (κ3) is 7.20. The van der Waals surface area contributed by atoms with Gasteiger partial charge in [0.05, 0.1) is 24.7 Å². The fourth-order valence-electron chi connectivity index (χ4n) is 10.2. The lowest BCUT2D eigenvalue weighted by atomic mass is 9.43. The van der Waals surface area contributed by atoms with Crippen LogP contribution in [0.3, 0.4) is 0 Å². The van der Waals surface area contributed by atoms with Gasteiger partial charge in [-0.15, -0.1) is 8.67 Å². The van der Waals surface area contributed by atoms with Gasteiger partial charge in [0, 0.05) is 11.8 Å². The fraction of sp³-hybridized carbons (Fsp3) is 0.933. The topological polar surface area (TPSA) is 232 Å². The average molecular weight is 727 g/mol. The van der Waals surface area contributed by atoms with Crippen LogP contribution in [0.15, 0.2) is 0 Å². The molecule has 48 heavy (non-hydrogen) atoms. The number of carboxylic acids is 1. The largest absolute Gasteiger partial charge is 0.691 e. The molecule has 0 aromatic carbocycles. The van der Waals surface area contributed by atoms with Crippen LogP contribution in [0, 0.1) is 46.3 Å². The lowest BCUT2D eigenvalue weighted by molar-refractivity contribution is -0.778. The van der Waals surface area contributed by atoms with Crippen molar-refractivity contribution in [1.29, 1.82) is 0 Å². The number of hydrogen-bond donors (Lipinski definition) is 3. The Hall–Kier alpha value is -1.00. The quantitative estimate of drug-likeness (QED) is 0.0561. The molecule has 4 aliphatic carbocycles. The molecule has 1 spiro atoms. The Kier molecular flexibility index (Phi) is 12.5. The predicted octanol–water partition coefficient (Wildman–Crippen LogP) is 0.799. The summed E-state index contributed by atoms with van der Waals surface area (Å²) in [5, 5.41) is 58.7. The zero-order valence-corrected chi connectivity index (χ0v) is 29.0. The van der Waals surface area contributed by atoms with E-state index in [1.54, 1.807) is 13.8 Å². The van der Waals surface area contributed by atoms with Crippen LogP contribution in [0.25, 0.3) is 0 Å². The van der Waals surface area contributed by atoms with Gasteiger partial charge in [0.1, 0.15) is 17.5 Å². The van der Waals surface area contributed by atoms with Crippen LogP contribution in [0.5, 0.6) is 0 Å². The lowest BCUT2D eigenvalue weighted by Gasteiger charge is -2.62. The van der Waals surface area contributed by atoms with E-state index < -0.39 is 83.0 Å². The molecule has 5 aliphatic rings. The summed E-state index contributed by atoms with van der Waals surface area (Å²) in [5.41, 5.74) is -0.832. The van der Waals surface area contributed by atoms with Crippen LogP contribution in [-0.4, -0.2) is 80.1 Å². The second-order valence-electron chi connectivity index (χ2n) is 14.8. The Morgan fingerprint density at radius 1 is 1.12 bits per heavy atom. The number of aliphatic hydroxyl groups is 2. The van der Waals surface area contributed by atoms with Crippen molar-refractivity contribution in [2.75, 3.05) is 6.61 Å². The van der Waals surface area contributed by atoms with Crippen LogP contribution in [0.2, 0.25) is 0 Å². The maximum atomic E-state index is 13.0. The average Bonchev–Trinajstić information content (AvgIpc) is 3.20. The molecular weight excluding hydrogens is 680 g/mol. The number of carbonyl (C=O) groups excluding carboxylic acids is 1. The van der Waals surface area contributed by atoms with Crippen molar-refractivity contribution in [3.8, 4) is 0 Å². The van der Waals surface area contributed by atoms with Gasteiger partial charge in [0.15, 0.2) is 35.8 Å². The number of esters is 1. The van der Waals surface area contributed by atoms with Gasteiger partial charge in [-0.05, 0) is 80.0 Å². The first kappa shape index (κ1) is 38.2. The number of hydrogen-bond acceptors (Lipinski definition) is 16. The minimum atomic E-state index is -2.66. The van der Waals surface area contributed by atoms with Gasteiger partial charge in [-0.25, -0.2) is 4.21 Å². The Labute approximate surface area is 285 Å². The summed E-state index contributed by atoms with van der Waals surface area (Å²) in [7, 11) is 0. The second-order valence-corrected chi connectivity index (χ2v) is 16.5. The molecule has 1 heterocycles. The van der Waals surface area contributed by atoms with Crippen LogP contribution >= 0.6 is 12.3 Å². The van der Waals surface area contributed by atoms with Gasteiger partial charge < -0.3 is 40.0 Å². The van der Waals surface area contributed by atoms with Crippen LogP contribution in [-0.2, 0) is 57.8 Å². The molecular formula is C30H46O16S2-2. The fourth-order valence-corrected chi connectivity index (χ4v) is 11.6. The van der Waals surface area contributed by atoms with E-state index in [-0.39, 0.29) is 54.3 Å².